The van der Waals surface area contributed by atoms with E-state index in [0.29, 0.717) is 16.3 Å². The highest BCUT2D eigenvalue weighted by Crippen LogP contribution is 2.40. The molecule has 5 N–H and O–H groups in total. The van der Waals surface area contributed by atoms with Crippen molar-refractivity contribution in [1.82, 2.24) is 19.5 Å². The number of phosphoric ester groups is 1. The molecule has 0 radical (unpaired) electrons. The lowest BCUT2D eigenvalue weighted by Gasteiger charge is -2.19. The number of nitrogens with two attached hydrogens (primary N) is 1. The molecule has 1 aliphatic heterocycles. The van der Waals surface area contributed by atoms with Crippen molar-refractivity contribution >= 4 is 36.6 Å². The predicted octanol–water partition coefficient (Wildman–Crippen LogP) is 0.402. The zero-order valence-corrected chi connectivity index (χ0v) is 14.5. The molecule has 13 heteroatoms. The van der Waals surface area contributed by atoms with Crippen LogP contribution >= 0.6 is 19.6 Å². The van der Waals surface area contributed by atoms with E-state index in [0.717, 1.165) is 0 Å². The van der Waals surface area contributed by atoms with Gasteiger partial charge in [0.15, 0.2) is 28.4 Å². The first-order valence-electron chi connectivity index (χ1n) is 7.09. The minimum absolute atomic E-state index is 0.128. The SMILES string of the molecule is C=CSc1nc2c(N)ncnc2n1[C@@H]1O[C@H](COP(=O)(O)O)C[C@H]1O. The average Bonchev–Trinajstić information content (AvgIpc) is 3.06. The van der Waals surface area contributed by atoms with Gasteiger partial charge < -0.3 is 25.4 Å². The summed E-state index contributed by atoms with van der Waals surface area (Å²) in [6, 6.07) is 0. The number of phosphoric acid groups is 1. The van der Waals surface area contributed by atoms with Crippen molar-refractivity contribution in [3.63, 3.8) is 0 Å². The van der Waals surface area contributed by atoms with Crippen LogP contribution in [0.4, 0.5) is 5.82 Å². The van der Waals surface area contributed by atoms with Crippen molar-refractivity contribution in [2.45, 2.75) is 30.0 Å². The predicted molar refractivity (Wildman–Crippen MR) is 88.3 cm³/mol. The molecule has 0 saturated carbocycles. The van der Waals surface area contributed by atoms with E-state index in [1.807, 2.05) is 0 Å². The molecule has 0 amide bonds. The Morgan fingerprint density at radius 2 is 2.32 bits per heavy atom. The van der Waals surface area contributed by atoms with Gasteiger partial charge in [-0.15, -0.1) is 0 Å². The van der Waals surface area contributed by atoms with Crippen molar-refractivity contribution in [1.29, 1.82) is 0 Å². The van der Waals surface area contributed by atoms with E-state index in [2.05, 4.69) is 26.1 Å². The second-order valence-electron chi connectivity index (χ2n) is 5.22. The zero-order chi connectivity index (χ0) is 18.2. The number of anilines is 1. The van der Waals surface area contributed by atoms with Gasteiger partial charge in [0.25, 0.3) is 0 Å². The van der Waals surface area contributed by atoms with Crippen LogP contribution in [0.1, 0.15) is 12.6 Å². The lowest BCUT2D eigenvalue weighted by atomic mass is 10.2. The molecule has 0 aliphatic carbocycles. The molecule has 0 spiro atoms. The molecule has 2 aromatic heterocycles. The van der Waals surface area contributed by atoms with Gasteiger partial charge in [-0.2, -0.15) is 0 Å². The highest BCUT2D eigenvalue weighted by atomic mass is 32.2. The molecular formula is C12H16N5O6PS. The van der Waals surface area contributed by atoms with E-state index in [-0.39, 0.29) is 18.8 Å². The number of rotatable bonds is 6. The molecule has 1 fully saturated rings. The van der Waals surface area contributed by atoms with Crippen molar-refractivity contribution in [2.24, 2.45) is 0 Å². The Balaban J connectivity index is 1.93. The number of nitrogens with zero attached hydrogens (tertiary/aromatic N) is 4. The van der Waals surface area contributed by atoms with Crippen LogP contribution in [0.25, 0.3) is 11.2 Å². The third kappa shape index (κ3) is 3.85. The van der Waals surface area contributed by atoms with Crippen LogP contribution in [-0.4, -0.2) is 53.2 Å². The Morgan fingerprint density at radius 1 is 1.56 bits per heavy atom. The Bertz CT molecular complexity index is 841. The van der Waals surface area contributed by atoms with Gasteiger partial charge in [0.05, 0.1) is 12.7 Å². The Morgan fingerprint density at radius 3 is 3.00 bits per heavy atom. The highest BCUT2D eigenvalue weighted by Gasteiger charge is 2.38. The maximum Gasteiger partial charge on any atom is 0.469 e. The Kier molecular flexibility index (Phi) is 5.11. The normalized spacial score (nSPS) is 24.0. The first kappa shape index (κ1) is 18.3. The third-order valence-corrected chi connectivity index (χ3v) is 4.66. The number of thioether (sulfide) groups is 1. The van der Waals surface area contributed by atoms with Crippen molar-refractivity contribution in [3.8, 4) is 0 Å². The van der Waals surface area contributed by atoms with E-state index in [4.69, 9.17) is 20.3 Å². The maximum atomic E-state index is 10.8. The van der Waals surface area contributed by atoms with Gasteiger partial charge in [-0.25, -0.2) is 19.5 Å². The molecule has 2 aromatic rings. The summed E-state index contributed by atoms with van der Waals surface area (Å²) in [6.07, 6.45) is -1.13. The van der Waals surface area contributed by atoms with Crippen LogP contribution in [0.3, 0.4) is 0 Å². The van der Waals surface area contributed by atoms with Gasteiger partial charge in [0, 0.05) is 6.42 Å². The van der Waals surface area contributed by atoms with E-state index in [9.17, 15) is 9.67 Å². The van der Waals surface area contributed by atoms with Crippen molar-refractivity contribution in [3.05, 3.63) is 18.3 Å². The van der Waals surface area contributed by atoms with E-state index in [1.165, 1.54) is 18.1 Å². The first-order chi connectivity index (χ1) is 11.8. The Hall–Kier alpha value is -1.53. The van der Waals surface area contributed by atoms with Gasteiger partial charge in [-0.1, -0.05) is 18.3 Å². The molecule has 3 atom stereocenters. The third-order valence-electron chi connectivity index (χ3n) is 3.51. The smallest absolute Gasteiger partial charge is 0.388 e. The zero-order valence-electron chi connectivity index (χ0n) is 12.8. The summed E-state index contributed by atoms with van der Waals surface area (Å²) >= 11 is 1.19. The Labute approximate surface area is 146 Å². The molecule has 25 heavy (non-hydrogen) atoms. The lowest BCUT2D eigenvalue weighted by molar-refractivity contribution is -0.0522. The van der Waals surface area contributed by atoms with E-state index < -0.39 is 26.3 Å². The minimum atomic E-state index is -4.62. The van der Waals surface area contributed by atoms with Gasteiger partial charge in [0.2, 0.25) is 0 Å². The number of aliphatic hydroxyl groups is 1. The van der Waals surface area contributed by atoms with Crippen LogP contribution in [0.5, 0.6) is 0 Å². The molecule has 1 saturated heterocycles. The summed E-state index contributed by atoms with van der Waals surface area (Å²) in [7, 11) is -4.62. The molecule has 0 unspecified atom stereocenters. The van der Waals surface area contributed by atoms with E-state index >= 15 is 0 Å². The summed E-state index contributed by atoms with van der Waals surface area (Å²) in [5.74, 6) is 0.184. The fourth-order valence-corrected chi connectivity index (χ4v) is 3.50. The average molecular weight is 389 g/mol. The topological polar surface area (TPSA) is 166 Å². The lowest BCUT2D eigenvalue weighted by Crippen LogP contribution is -2.20. The van der Waals surface area contributed by atoms with Gasteiger partial charge in [-0.05, 0) is 5.41 Å². The highest BCUT2D eigenvalue weighted by molar-refractivity contribution is 8.02. The second-order valence-corrected chi connectivity index (χ2v) is 7.39. The van der Waals surface area contributed by atoms with Crippen LogP contribution in [0, 0.1) is 0 Å². The van der Waals surface area contributed by atoms with Crippen molar-refractivity contribution in [2.75, 3.05) is 12.3 Å². The number of hydrogen-bond acceptors (Lipinski definition) is 9. The monoisotopic (exact) mass is 389 g/mol. The summed E-state index contributed by atoms with van der Waals surface area (Å²) < 4.78 is 22.5. The van der Waals surface area contributed by atoms with E-state index in [1.54, 1.807) is 9.98 Å². The molecule has 1 aliphatic rings. The summed E-state index contributed by atoms with van der Waals surface area (Å²) in [5, 5.41) is 12.3. The molecule has 3 rings (SSSR count). The molecule has 11 nitrogen and oxygen atoms in total. The van der Waals surface area contributed by atoms with Gasteiger partial charge in [0.1, 0.15) is 12.4 Å². The van der Waals surface area contributed by atoms with Crippen molar-refractivity contribution < 1.29 is 28.7 Å². The van der Waals surface area contributed by atoms with Crippen LogP contribution in [0.2, 0.25) is 0 Å². The number of imidazole rings is 1. The number of aromatic nitrogens is 4. The van der Waals surface area contributed by atoms with Gasteiger partial charge in [-0.3, -0.25) is 9.09 Å². The molecule has 0 aromatic carbocycles. The quantitative estimate of drug-likeness (QED) is 0.399. The number of aliphatic hydroxyl groups excluding tert-OH is 1. The fraction of sp³-hybridized carbons (Fsp3) is 0.417. The molecule has 136 valence electrons. The number of hydrogen-bond donors (Lipinski definition) is 4. The maximum absolute atomic E-state index is 10.8. The first-order valence-corrected chi connectivity index (χ1v) is 9.50. The second kappa shape index (κ2) is 7.00. The van der Waals surface area contributed by atoms with Crippen LogP contribution < -0.4 is 5.73 Å². The van der Waals surface area contributed by atoms with Crippen LogP contribution in [0.15, 0.2) is 23.5 Å². The summed E-state index contributed by atoms with van der Waals surface area (Å²) in [4.78, 5) is 30.0. The summed E-state index contributed by atoms with van der Waals surface area (Å²) in [6.45, 7) is 3.28. The molecular weight excluding hydrogens is 373 g/mol. The standard InChI is InChI=1S/C12H16N5O6PS/c1-2-25-12-16-8-9(13)14-5-15-10(8)17(12)11-7(18)3-6(23-11)4-22-24(19,20)21/h2,5-7,11,18H,1,3-4H2,(H2,13,14,15)(H2,19,20,21)/t6-,7+,11+/m0/s1. The molecule has 3 heterocycles. The summed E-state index contributed by atoms with van der Waals surface area (Å²) in [5.41, 5.74) is 6.55. The number of nitrogen functional groups attached to an aromatic ring is 1. The van der Waals surface area contributed by atoms with Crippen LogP contribution in [-0.2, 0) is 13.8 Å². The molecule has 0 bridgehead atoms. The minimum Gasteiger partial charge on any atom is -0.388 e. The largest absolute Gasteiger partial charge is 0.469 e. The number of fused-ring (bicyclic) bond motifs is 1. The number of ether oxygens (including phenoxy) is 1. The van der Waals surface area contributed by atoms with Gasteiger partial charge >= 0.3 is 7.82 Å². The fourth-order valence-electron chi connectivity index (χ4n) is 2.54.